The Hall–Kier alpha value is -3.19. The highest BCUT2D eigenvalue weighted by molar-refractivity contribution is 5.88. The van der Waals surface area contributed by atoms with Crippen molar-refractivity contribution in [3.05, 3.63) is 76.7 Å². The summed E-state index contributed by atoms with van der Waals surface area (Å²) in [7, 11) is 0. The monoisotopic (exact) mass is 391 g/mol. The van der Waals surface area contributed by atoms with Crippen LogP contribution in [0.15, 0.2) is 70.5 Å². The molecule has 1 aliphatic rings. The molecule has 29 heavy (non-hydrogen) atoms. The zero-order valence-corrected chi connectivity index (χ0v) is 16.3. The van der Waals surface area contributed by atoms with E-state index in [1.165, 1.54) is 4.68 Å². The van der Waals surface area contributed by atoms with Crippen LogP contribution >= 0.6 is 0 Å². The maximum Gasteiger partial charge on any atom is 0.406 e. The third-order valence-corrected chi connectivity index (χ3v) is 5.32. The van der Waals surface area contributed by atoms with E-state index < -0.39 is 5.90 Å². The van der Waals surface area contributed by atoms with Crippen molar-refractivity contribution >= 4 is 11.6 Å². The standard InChI is InChI=1S/C22H25N5O2/c28-21(24-18-7-3-1-4-8-18)20-22(29)27(19-9-5-2-6-10-19)25-26(20)16-13-17-11-14-23-15-12-17/h1-10,17,23H,11-16H2,(H-,24,25,28,29). The van der Waals surface area contributed by atoms with E-state index in [1.54, 1.807) is 16.8 Å². The summed E-state index contributed by atoms with van der Waals surface area (Å²) in [6.45, 7) is 2.61. The number of piperidine rings is 1. The van der Waals surface area contributed by atoms with Crippen molar-refractivity contribution in [1.82, 2.24) is 15.2 Å². The zero-order valence-electron chi connectivity index (χ0n) is 16.3. The largest absolute Gasteiger partial charge is 0.855 e. The lowest BCUT2D eigenvalue weighted by molar-refractivity contribution is -0.758. The summed E-state index contributed by atoms with van der Waals surface area (Å²) in [5.74, 6) is 0.0544. The Morgan fingerprint density at radius 3 is 2.41 bits per heavy atom. The van der Waals surface area contributed by atoms with Gasteiger partial charge in [0.2, 0.25) is 5.69 Å². The minimum Gasteiger partial charge on any atom is -0.855 e. The van der Waals surface area contributed by atoms with Gasteiger partial charge >= 0.3 is 5.56 Å². The molecule has 1 fully saturated rings. The maximum absolute atomic E-state index is 13.1. The maximum atomic E-state index is 13.1. The van der Waals surface area contributed by atoms with Gasteiger partial charge in [0, 0.05) is 5.90 Å². The lowest BCUT2D eigenvalue weighted by atomic mass is 9.95. The molecule has 0 aliphatic carbocycles. The summed E-state index contributed by atoms with van der Waals surface area (Å²) in [5, 5.41) is 19.4. The van der Waals surface area contributed by atoms with Gasteiger partial charge in [0.15, 0.2) is 5.69 Å². The molecule has 7 heteroatoms. The van der Waals surface area contributed by atoms with Crippen LogP contribution in [0.4, 0.5) is 5.69 Å². The highest BCUT2D eigenvalue weighted by Crippen LogP contribution is 2.15. The van der Waals surface area contributed by atoms with Crippen LogP contribution in [0.2, 0.25) is 0 Å². The predicted molar refractivity (Wildman–Crippen MR) is 109 cm³/mol. The first-order chi connectivity index (χ1) is 14.2. The Bertz CT molecular complexity index is 1020. The molecule has 0 atom stereocenters. The highest BCUT2D eigenvalue weighted by Gasteiger charge is 2.24. The van der Waals surface area contributed by atoms with Gasteiger partial charge in [-0.3, -0.25) is 4.99 Å². The molecule has 3 aromatic rings. The molecule has 1 aromatic heterocycles. The molecule has 150 valence electrons. The summed E-state index contributed by atoms with van der Waals surface area (Å²) >= 11 is 0. The summed E-state index contributed by atoms with van der Waals surface area (Å²) in [5.41, 5.74) is 0.902. The summed E-state index contributed by atoms with van der Waals surface area (Å²) in [6, 6.07) is 18.3. The van der Waals surface area contributed by atoms with Crippen molar-refractivity contribution in [2.45, 2.75) is 25.8 Å². The third-order valence-electron chi connectivity index (χ3n) is 5.32. The molecule has 1 saturated heterocycles. The molecule has 1 aliphatic heterocycles. The number of nitrogens with one attached hydrogen (secondary N) is 2. The predicted octanol–water partition coefficient (Wildman–Crippen LogP) is 1.28. The molecule has 0 amide bonds. The topological polar surface area (TPSA) is 89.1 Å². The minimum atomic E-state index is -0.530. The van der Waals surface area contributed by atoms with E-state index in [2.05, 4.69) is 15.5 Å². The van der Waals surface area contributed by atoms with Crippen molar-refractivity contribution in [3.8, 4) is 5.69 Å². The molecule has 0 bridgehead atoms. The van der Waals surface area contributed by atoms with Crippen molar-refractivity contribution in [2.24, 2.45) is 10.9 Å². The van der Waals surface area contributed by atoms with Gasteiger partial charge in [-0.2, -0.15) is 4.68 Å². The Balaban J connectivity index is 1.69. The third kappa shape index (κ3) is 4.46. The van der Waals surface area contributed by atoms with Gasteiger partial charge in [-0.05, 0) is 62.5 Å². The van der Waals surface area contributed by atoms with Gasteiger partial charge in [-0.1, -0.05) is 46.3 Å². The number of aliphatic imine (C=N–C) groups is 1. The molecule has 0 unspecified atom stereocenters. The van der Waals surface area contributed by atoms with E-state index in [0.717, 1.165) is 32.4 Å². The number of benzene rings is 2. The first kappa shape index (κ1) is 19.1. The first-order valence-electron chi connectivity index (χ1n) is 10.0. The van der Waals surface area contributed by atoms with Crippen molar-refractivity contribution in [1.29, 1.82) is 0 Å². The Kier molecular flexibility index (Phi) is 5.86. The Morgan fingerprint density at radius 1 is 1.07 bits per heavy atom. The SMILES string of the molecule is O=c1c(C([O-])=Nc2ccccc2)[n+](CCC2CCNCC2)[nH]n1-c1ccccc1. The number of aryl methyl sites for hydroxylation is 1. The zero-order chi connectivity index (χ0) is 20.1. The van der Waals surface area contributed by atoms with Crippen LogP contribution in [0.25, 0.3) is 5.69 Å². The summed E-state index contributed by atoms with van der Waals surface area (Å²) in [4.78, 5) is 17.2. The van der Waals surface area contributed by atoms with E-state index in [9.17, 15) is 9.90 Å². The molecule has 0 spiro atoms. The number of aromatic amines is 1. The van der Waals surface area contributed by atoms with Crippen LogP contribution in [-0.2, 0) is 6.54 Å². The number of hydrogen-bond acceptors (Lipinski definition) is 4. The second-order valence-corrected chi connectivity index (χ2v) is 7.31. The van der Waals surface area contributed by atoms with Gasteiger partial charge < -0.3 is 10.4 Å². The van der Waals surface area contributed by atoms with Gasteiger partial charge in [0.05, 0.1) is 5.69 Å². The molecule has 4 rings (SSSR count). The van der Waals surface area contributed by atoms with E-state index in [4.69, 9.17) is 0 Å². The van der Waals surface area contributed by atoms with E-state index in [1.807, 2.05) is 48.5 Å². The van der Waals surface area contributed by atoms with Gasteiger partial charge in [-0.25, -0.2) is 4.79 Å². The molecular formula is C22H25N5O2. The molecule has 0 radical (unpaired) electrons. The van der Waals surface area contributed by atoms with Crippen molar-refractivity contribution < 1.29 is 9.79 Å². The minimum absolute atomic E-state index is 0.0617. The molecular weight excluding hydrogens is 366 g/mol. The Labute approximate surface area is 169 Å². The van der Waals surface area contributed by atoms with Crippen LogP contribution in [0.1, 0.15) is 25.0 Å². The lowest BCUT2D eigenvalue weighted by Gasteiger charge is -2.21. The average Bonchev–Trinajstić information content (AvgIpc) is 3.10. The number of hydrogen-bond donors (Lipinski definition) is 2. The van der Waals surface area contributed by atoms with Crippen LogP contribution < -0.4 is 20.7 Å². The van der Waals surface area contributed by atoms with Gasteiger partial charge in [0.25, 0.3) is 0 Å². The number of para-hydroxylation sites is 2. The summed E-state index contributed by atoms with van der Waals surface area (Å²) in [6.07, 6.45) is 3.14. The van der Waals surface area contributed by atoms with E-state index in [0.29, 0.717) is 23.8 Å². The van der Waals surface area contributed by atoms with Crippen LogP contribution in [0, 0.1) is 5.92 Å². The Morgan fingerprint density at radius 2 is 1.72 bits per heavy atom. The normalized spacial score (nSPS) is 15.5. The average molecular weight is 391 g/mol. The lowest BCUT2D eigenvalue weighted by Crippen LogP contribution is -2.47. The van der Waals surface area contributed by atoms with Crippen molar-refractivity contribution in [3.63, 3.8) is 0 Å². The fourth-order valence-electron chi connectivity index (χ4n) is 3.71. The number of rotatable bonds is 6. The quantitative estimate of drug-likeness (QED) is 0.377. The number of aromatic nitrogens is 3. The van der Waals surface area contributed by atoms with Gasteiger partial charge in [-0.15, -0.1) is 0 Å². The number of nitrogens with zero attached hydrogens (tertiary/aromatic N) is 3. The molecule has 7 nitrogen and oxygen atoms in total. The van der Waals surface area contributed by atoms with Gasteiger partial charge in [0.1, 0.15) is 6.54 Å². The highest BCUT2D eigenvalue weighted by atomic mass is 16.3. The fraction of sp³-hybridized carbons (Fsp3) is 0.318. The number of H-pyrrole nitrogens is 1. The molecule has 2 heterocycles. The molecule has 2 N–H and O–H groups in total. The fourth-order valence-corrected chi connectivity index (χ4v) is 3.71. The second kappa shape index (κ2) is 8.87. The van der Waals surface area contributed by atoms with E-state index in [-0.39, 0.29) is 11.3 Å². The van der Waals surface area contributed by atoms with Crippen LogP contribution in [0.3, 0.4) is 0 Å². The van der Waals surface area contributed by atoms with E-state index >= 15 is 0 Å². The van der Waals surface area contributed by atoms with Crippen molar-refractivity contribution in [2.75, 3.05) is 13.1 Å². The second-order valence-electron chi connectivity index (χ2n) is 7.31. The molecule has 0 saturated carbocycles. The smallest absolute Gasteiger partial charge is 0.406 e. The first-order valence-corrected chi connectivity index (χ1v) is 10.0. The van der Waals surface area contributed by atoms with Crippen LogP contribution in [-0.4, -0.2) is 28.9 Å². The van der Waals surface area contributed by atoms with Crippen LogP contribution in [0.5, 0.6) is 0 Å². The molecule has 2 aromatic carbocycles. The summed E-state index contributed by atoms with van der Waals surface area (Å²) < 4.78 is 3.07.